The maximum absolute atomic E-state index is 9.71. The minimum atomic E-state index is 0.559. The van der Waals surface area contributed by atoms with Crippen LogP contribution in [0.1, 0.15) is 5.56 Å². The Morgan fingerprint density at radius 2 is 0.966 bits per heavy atom. The van der Waals surface area contributed by atoms with Crippen LogP contribution in [0.15, 0.2) is 192 Å². The Hall–Kier alpha value is -8.14. The minimum absolute atomic E-state index is 0.559. The number of benzene rings is 8. The van der Waals surface area contributed by atoms with Gasteiger partial charge >= 0.3 is 0 Å². The van der Waals surface area contributed by atoms with E-state index in [-0.39, 0.29) is 0 Å². The van der Waals surface area contributed by atoms with Crippen molar-refractivity contribution in [2.45, 2.75) is 0 Å². The normalized spacial score (nSPS) is 11.4. The summed E-state index contributed by atoms with van der Waals surface area (Å²) in [6.45, 7) is 0. The second-order valence-corrected chi connectivity index (χ2v) is 14.4. The van der Waals surface area contributed by atoms with Gasteiger partial charge < -0.3 is 8.98 Å². The van der Waals surface area contributed by atoms with Crippen molar-refractivity contribution in [3.05, 3.63) is 194 Å². The lowest BCUT2D eigenvalue weighted by molar-refractivity contribution is 0.669. The first-order valence-corrected chi connectivity index (χ1v) is 19.2. The average Bonchev–Trinajstić information content (AvgIpc) is 3.84. The largest absolute Gasteiger partial charge is 0.456 e. The molecule has 0 saturated carbocycles. The van der Waals surface area contributed by atoms with Crippen LogP contribution in [0.25, 0.3) is 106 Å². The van der Waals surface area contributed by atoms with Crippen molar-refractivity contribution in [2.24, 2.45) is 0 Å². The summed E-state index contributed by atoms with van der Waals surface area (Å²) in [5, 5.41) is 14.1. The molecule has 0 aliphatic heterocycles. The predicted octanol–water partition coefficient (Wildman–Crippen LogP) is 13.1. The van der Waals surface area contributed by atoms with Crippen molar-refractivity contribution in [3.8, 4) is 68.2 Å². The fourth-order valence-electron chi connectivity index (χ4n) is 8.10. The molecular weight excluding hydrogens is 711 g/mol. The number of para-hydroxylation sites is 2. The molecule has 270 valence electrons. The third-order valence-corrected chi connectivity index (χ3v) is 10.9. The van der Waals surface area contributed by atoms with E-state index < -0.39 is 0 Å². The van der Waals surface area contributed by atoms with Crippen LogP contribution in [0.4, 0.5) is 0 Å². The van der Waals surface area contributed by atoms with Gasteiger partial charge in [-0.25, -0.2) is 15.0 Å². The monoisotopic (exact) mass is 741 g/mol. The van der Waals surface area contributed by atoms with E-state index in [1.54, 1.807) is 0 Å². The summed E-state index contributed by atoms with van der Waals surface area (Å²) in [7, 11) is 0. The van der Waals surface area contributed by atoms with Gasteiger partial charge in [0.2, 0.25) is 0 Å². The molecule has 0 atom stereocenters. The molecule has 58 heavy (non-hydrogen) atoms. The van der Waals surface area contributed by atoms with E-state index in [1.807, 2.05) is 97.1 Å². The molecule has 0 aliphatic carbocycles. The molecule has 8 aromatic carbocycles. The highest BCUT2D eigenvalue weighted by Crippen LogP contribution is 2.40. The zero-order valence-electron chi connectivity index (χ0n) is 31.0. The fraction of sp³-hybridized carbons (Fsp3) is 0. The van der Waals surface area contributed by atoms with E-state index in [9.17, 15) is 5.26 Å². The van der Waals surface area contributed by atoms with Crippen molar-refractivity contribution >= 4 is 43.7 Å². The van der Waals surface area contributed by atoms with Crippen molar-refractivity contribution in [1.29, 1.82) is 5.26 Å². The summed E-state index contributed by atoms with van der Waals surface area (Å²) in [6.07, 6.45) is 0. The van der Waals surface area contributed by atoms with Crippen LogP contribution in [0.2, 0.25) is 0 Å². The zero-order valence-corrected chi connectivity index (χ0v) is 31.0. The first kappa shape index (κ1) is 33.2. The molecule has 0 radical (unpaired) electrons. The molecule has 0 fully saturated rings. The van der Waals surface area contributed by atoms with Crippen molar-refractivity contribution in [2.75, 3.05) is 0 Å². The fourth-order valence-corrected chi connectivity index (χ4v) is 8.10. The van der Waals surface area contributed by atoms with Crippen LogP contribution in [-0.4, -0.2) is 19.5 Å². The number of fused-ring (bicyclic) bond motifs is 6. The van der Waals surface area contributed by atoms with Gasteiger partial charge in [-0.15, -0.1) is 0 Å². The van der Waals surface area contributed by atoms with E-state index in [4.69, 9.17) is 19.4 Å². The summed E-state index contributed by atoms with van der Waals surface area (Å²) in [5.74, 6) is 1.74. The molecule has 0 bridgehead atoms. The number of furan rings is 1. The lowest BCUT2D eigenvalue weighted by atomic mass is 9.99. The molecule has 6 heteroatoms. The Kier molecular flexibility index (Phi) is 7.76. The number of rotatable bonds is 6. The number of nitriles is 1. The number of hydrogen-bond acceptors (Lipinski definition) is 5. The molecule has 0 saturated heterocycles. The molecule has 0 N–H and O–H groups in total. The van der Waals surface area contributed by atoms with Gasteiger partial charge in [0, 0.05) is 38.2 Å². The van der Waals surface area contributed by atoms with Gasteiger partial charge in [-0.2, -0.15) is 5.26 Å². The molecule has 11 rings (SSSR count). The molecule has 0 spiro atoms. The van der Waals surface area contributed by atoms with Gasteiger partial charge in [-0.1, -0.05) is 133 Å². The standard InChI is InChI=1S/C52H31N5O/c53-32-33-12-11-17-36(28-33)39-22-25-41-40-18-7-9-20-45(40)57(47(41)31-39)46-26-23-37(38-24-27-49-43(29-38)42-19-8-10-21-48(42)58-49)30-44(46)52-55-50(34-13-3-1-4-14-34)54-51(56-52)35-15-5-2-6-16-35/h1-31H. The number of hydrogen-bond donors (Lipinski definition) is 0. The van der Waals surface area contributed by atoms with Gasteiger partial charge in [-0.3, -0.25) is 0 Å². The second kappa shape index (κ2) is 13.6. The maximum atomic E-state index is 9.71. The van der Waals surface area contributed by atoms with Crippen LogP contribution in [0.3, 0.4) is 0 Å². The van der Waals surface area contributed by atoms with Crippen LogP contribution in [-0.2, 0) is 0 Å². The minimum Gasteiger partial charge on any atom is -0.456 e. The third-order valence-electron chi connectivity index (χ3n) is 10.9. The molecule has 6 nitrogen and oxygen atoms in total. The third kappa shape index (κ3) is 5.61. The quantitative estimate of drug-likeness (QED) is 0.169. The summed E-state index contributed by atoms with van der Waals surface area (Å²) in [6, 6.07) is 66.4. The first-order chi connectivity index (χ1) is 28.7. The lowest BCUT2D eigenvalue weighted by Crippen LogP contribution is -2.04. The van der Waals surface area contributed by atoms with E-state index in [0.717, 1.165) is 88.4 Å². The summed E-state index contributed by atoms with van der Waals surface area (Å²) in [5.41, 5.74) is 12.1. The summed E-state index contributed by atoms with van der Waals surface area (Å²) < 4.78 is 8.53. The molecule has 3 aromatic heterocycles. The topological polar surface area (TPSA) is 80.5 Å². The predicted molar refractivity (Wildman–Crippen MR) is 233 cm³/mol. The number of aromatic nitrogens is 4. The molecule has 0 amide bonds. The van der Waals surface area contributed by atoms with E-state index in [2.05, 4.69) is 102 Å². The van der Waals surface area contributed by atoms with E-state index in [0.29, 0.717) is 23.0 Å². The van der Waals surface area contributed by atoms with Crippen LogP contribution in [0, 0.1) is 11.3 Å². The van der Waals surface area contributed by atoms with Crippen LogP contribution in [0.5, 0.6) is 0 Å². The van der Waals surface area contributed by atoms with Gasteiger partial charge in [0.15, 0.2) is 17.5 Å². The van der Waals surface area contributed by atoms with E-state index >= 15 is 0 Å². The lowest BCUT2D eigenvalue weighted by Gasteiger charge is -2.17. The Balaban J connectivity index is 1.21. The van der Waals surface area contributed by atoms with Crippen LogP contribution >= 0.6 is 0 Å². The van der Waals surface area contributed by atoms with Gasteiger partial charge in [0.1, 0.15) is 11.2 Å². The van der Waals surface area contributed by atoms with Crippen molar-refractivity contribution in [3.63, 3.8) is 0 Å². The Labute approximate surface area is 333 Å². The summed E-state index contributed by atoms with van der Waals surface area (Å²) in [4.78, 5) is 15.5. The molecule has 11 aromatic rings. The van der Waals surface area contributed by atoms with Gasteiger partial charge in [-0.05, 0) is 76.9 Å². The molecule has 0 aliphatic rings. The van der Waals surface area contributed by atoms with Crippen LogP contribution < -0.4 is 0 Å². The Morgan fingerprint density at radius 3 is 1.74 bits per heavy atom. The Morgan fingerprint density at radius 1 is 0.397 bits per heavy atom. The van der Waals surface area contributed by atoms with Gasteiger partial charge in [0.05, 0.1) is 28.4 Å². The molecule has 3 heterocycles. The zero-order chi connectivity index (χ0) is 38.6. The highest BCUT2D eigenvalue weighted by molar-refractivity contribution is 6.11. The summed E-state index contributed by atoms with van der Waals surface area (Å²) >= 11 is 0. The molecule has 0 unspecified atom stereocenters. The number of nitrogens with zero attached hydrogens (tertiary/aromatic N) is 5. The first-order valence-electron chi connectivity index (χ1n) is 19.2. The highest BCUT2D eigenvalue weighted by Gasteiger charge is 2.21. The SMILES string of the molecule is N#Cc1cccc(-c2ccc3c4ccccc4n(-c4ccc(-c5ccc6oc7ccccc7c6c5)cc4-c4nc(-c5ccccc5)nc(-c5ccccc5)n4)c3c2)c1. The van der Waals surface area contributed by atoms with E-state index in [1.165, 1.54) is 0 Å². The highest BCUT2D eigenvalue weighted by atomic mass is 16.3. The average molecular weight is 742 g/mol. The molecular formula is C52H31N5O. The maximum Gasteiger partial charge on any atom is 0.166 e. The van der Waals surface area contributed by atoms with Crippen molar-refractivity contribution in [1.82, 2.24) is 19.5 Å². The Bertz CT molecular complexity index is 3360. The second-order valence-electron chi connectivity index (χ2n) is 14.4. The van der Waals surface area contributed by atoms with Crippen molar-refractivity contribution < 1.29 is 4.42 Å². The van der Waals surface area contributed by atoms with Gasteiger partial charge in [0.25, 0.3) is 0 Å². The smallest absolute Gasteiger partial charge is 0.166 e.